The Morgan fingerprint density at radius 2 is 1.89 bits per heavy atom. The fourth-order valence-corrected chi connectivity index (χ4v) is 4.62. The molecule has 0 aromatic carbocycles. The Kier molecular flexibility index (Phi) is 7.16. The van der Waals surface area contributed by atoms with Crippen molar-refractivity contribution in [3.05, 3.63) is 28.5 Å². The van der Waals surface area contributed by atoms with E-state index < -0.39 is 0 Å². The van der Waals surface area contributed by atoms with Gasteiger partial charge in [-0.25, -0.2) is 0 Å². The number of nitrogens with zero attached hydrogens (tertiary/aromatic N) is 4. The highest BCUT2D eigenvalue weighted by Gasteiger charge is 2.38. The summed E-state index contributed by atoms with van der Waals surface area (Å²) in [5, 5.41) is 0. The van der Waals surface area contributed by atoms with Gasteiger partial charge in [0.15, 0.2) is 0 Å². The predicted molar refractivity (Wildman–Crippen MR) is 117 cm³/mol. The third-order valence-corrected chi connectivity index (χ3v) is 6.73. The maximum atomic E-state index is 13.2. The fraction of sp³-hybridized carbons (Fsp3) is 0.727. The lowest BCUT2D eigenvalue weighted by atomic mass is 9.83. The van der Waals surface area contributed by atoms with E-state index in [1.54, 1.807) is 0 Å². The summed E-state index contributed by atoms with van der Waals surface area (Å²) in [7, 11) is 2.17. The van der Waals surface area contributed by atoms with E-state index in [4.69, 9.17) is 0 Å². The highest BCUT2D eigenvalue weighted by molar-refractivity contribution is 9.10. The SMILES string of the molecule is CN1CCC(CC(=O)N2CCN(Cc3ccc(Br)cn3)CC2C(C)(C)C)CC1. The van der Waals surface area contributed by atoms with Gasteiger partial charge in [0.2, 0.25) is 5.91 Å². The molecule has 2 saturated heterocycles. The summed E-state index contributed by atoms with van der Waals surface area (Å²) in [5.41, 5.74) is 1.15. The maximum Gasteiger partial charge on any atom is 0.223 e. The molecule has 1 amide bonds. The fourth-order valence-electron chi connectivity index (χ4n) is 4.38. The van der Waals surface area contributed by atoms with Crippen molar-refractivity contribution < 1.29 is 4.79 Å². The molecular weight excluding hydrogens is 416 g/mol. The molecule has 1 unspecified atom stereocenters. The van der Waals surface area contributed by atoms with Crippen molar-refractivity contribution in [3.63, 3.8) is 0 Å². The number of rotatable bonds is 4. The van der Waals surface area contributed by atoms with Crippen LogP contribution in [0.2, 0.25) is 0 Å². The molecule has 2 aliphatic rings. The van der Waals surface area contributed by atoms with Crippen LogP contribution in [0.3, 0.4) is 0 Å². The molecule has 6 heteroatoms. The average molecular weight is 451 g/mol. The summed E-state index contributed by atoms with van der Waals surface area (Å²) in [5.74, 6) is 0.908. The Labute approximate surface area is 178 Å². The first-order valence-corrected chi connectivity index (χ1v) is 11.3. The van der Waals surface area contributed by atoms with Crippen LogP contribution in [0.5, 0.6) is 0 Å². The van der Waals surface area contributed by atoms with Gasteiger partial charge in [-0.2, -0.15) is 0 Å². The first-order chi connectivity index (χ1) is 13.2. The molecule has 3 rings (SSSR count). The van der Waals surface area contributed by atoms with Gasteiger partial charge in [-0.3, -0.25) is 14.7 Å². The van der Waals surface area contributed by atoms with Crippen LogP contribution in [0.25, 0.3) is 0 Å². The molecule has 0 spiro atoms. The van der Waals surface area contributed by atoms with Crippen molar-refractivity contribution >= 4 is 21.8 Å². The average Bonchev–Trinajstić information content (AvgIpc) is 2.65. The minimum absolute atomic E-state index is 0.0637. The van der Waals surface area contributed by atoms with E-state index in [0.717, 1.165) is 62.3 Å². The van der Waals surface area contributed by atoms with Crippen LogP contribution in [0.15, 0.2) is 22.8 Å². The van der Waals surface area contributed by atoms with Crippen LogP contribution < -0.4 is 0 Å². The highest BCUT2D eigenvalue weighted by atomic mass is 79.9. The van der Waals surface area contributed by atoms with Crippen LogP contribution in [-0.2, 0) is 11.3 Å². The van der Waals surface area contributed by atoms with Crippen molar-refractivity contribution in [2.45, 2.75) is 52.6 Å². The normalized spacial score (nSPS) is 23.2. The quantitative estimate of drug-likeness (QED) is 0.701. The Morgan fingerprint density at radius 1 is 1.18 bits per heavy atom. The Morgan fingerprint density at radius 3 is 2.50 bits per heavy atom. The molecular formula is C22H35BrN4O. The molecule has 0 saturated carbocycles. The van der Waals surface area contributed by atoms with Gasteiger partial charge >= 0.3 is 0 Å². The van der Waals surface area contributed by atoms with Gasteiger partial charge < -0.3 is 9.80 Å². The molecule has 0 radical (unpaired) electrons. The van der Waals surface area contributed by atoms with Gasteiger partial charge in [0.25, 0.3) is 0 Å². The molecule has 5 nitrogen and oxygen atoms in total. The Hall–Kier alpha value is -0.980. The van der Waals surface area contributed by atoms with E-state index in [-0.39, 0.29) is 11.5 Å². The smallest absolute Gasteiger partial charge is 0.223 e. The van der Waals surface area contributed by atoms with E-state index in [9.17, 15) is 4.79 Å². The first kappa shape index (κ1) is 21.7. The molecule has 156 valence electrons. The van der Waals surface area contributed by atoms with E-state index in [1.165, 1.54) is 0 Å². The molecule has 1 atom stereocenters. The van der Waals surface area contributed by atoms with Crippen LogP contribution in [0.1, 0.15) is 45.7 Å². The largest absolute Gasteiger partial charge is 0.337 e. The molecule has 0 aliphatic carbocycles. The monoisotopic (exact) mass is 450 g/mol. The van der Waals surface area contributed by atoms with Crippen molar-refractivity contribution in [1.29, 1.82) is 0 Å². The minimum atomic E-state index is 0.0637. The number of piperazine rings is 1. The molecule has 1 aromatic heterocycles. The number of carbonyl (C=O) groups excluding carboxylic acids is 1. The van der Waals surface area contributed by atoms with E-state index in [2.05, 4.69) is 69.5 Å². The van der Waals surface area contributed by atoms with E-state index in [1.807, 2.05) is 12.3 Å². The number of halogens is 1. The number of aromatic nitrogens is 1. The molecule has 0 N–H and O–H groups in total. The third-order valence-electron chi connectivity index (χ3n) is 6.26. The van der Waals surface area contributed by atoms with E-state index >= 15 is 0 Å². The second kappa shape index (κ2) is 9.23. The minimum Gasteiger partial charge on any atom is -0.337 e. The molecule has 3 heterocycles. The summed E-state index contributed by atoms with van der Waals surface area (Å²) < 4.78 is 1.01. The summed E-state index contributed by atoms with van der Waals surface area (Å²) in [6.45, 7) is 12.5. The summed E-state index contributed by atoms with van der Waals surface area (Å²) in [4.78, 5) is 24.7. The number of amides is 1. The number of piperidine rings is 1. The van der Waals surface area contributed by atoms with Gasteiger partial charge in [0.1, 0.15) is 0 Å². The summed E-state index contributed by atoms with van der Waals surface area (Å²) in [6.07, 6.45) is 4.88. The van der Waals surface area contributed by atoms with Crippen LogP contribution in [-0.4, -0.2) is 71.4 Å². The highest BCUT2D eigenvalue weighted by Crippen LogP contribution is 2.30. The lowest BCUT2D eigenvalue weighted by Gasteiger charge is -2.47. The van der Waals surface area contributed by atoms with Gasteiger partial charge in [-0.1, -0.05) is 20.8 Å². The van der Waals surface area contributed by atoms with Crippen LogP contribution in [0.4, 0.5) is 0 Å². The number of hydrogen-bond donors (Lipinski definition) is 0. The number of hydrogen-bond acceptors (Lipinski definition) is 4. The molecule has 1 aromatic rings. The molecule has 2 fully saturated rings. The summed E-state index contributed by atoms with van der Waals surface area (Å²) >= 11 is 3.45. The zero-order valence-corrected chi connectivity index (χ0v) is 19.4. The van der Waals surface area contributed by atoms with Gasteiger partial charge in [0.05, 0.1) is 5.69 Å². The summed E-state index contributed by atoms with van der Waals surface area (Å²) in [6, 6.07) is 4.37. The number of carbonyl (C=O) groups is 1. The van der Waals surface area contributed by atoms with Crippen molar-refractivity contribution in [1.82, 2.24) is 19.7 Å². The standard InChI is InChI=1S/C22H35BrN4O/c1-22(2,3)20-16-26(15-19-6-5-18(23)14-24-19)11-12-27(20)21(28)13-17-7-9-25(4)10-8-17/h5-6,14,17,20H,7-13,15-16H2,1-4H3. The van der Waals surface area contributed by atoms with Crippen LogP contribution >= 0.6 is 15.9 Å². The topological polar surface area (TPSA) is 39.7 Å². The third kappa shape index (κ3) is 5.77. The lowest BCUT2D eigenvalue weighted by Crippen LogP contribution is -2.59. The van der Waals surface area contributed by atoms with Crippen molar-refractivity contribution in [3.8, 4) is 0 Å². The first-order valence-electron chi connectivity index (χ1n) is 10.5. The van der Waals surface area contributed by atoms with E-state index in [0.29, 0.717) is 18.2 Å². The zero-order valence-electron chi connectivity index (χ0n) is 17.8. The number of pyridine rings is 1. The van der Waals surface area contributed by atoms with Gasteiger partial charge in [0, 0.05) is 49.3 Å². The van der Waals surface area contributed by atoms with Crippen LogP contribution in [0, 0.1) is 11.3 Å². The molecule has 28 heavy (non-hydrogen) atoms. The van der Waals surface area contributed by atoms with Gasteiger partial charge in [-0.05, 0) is 72.4 Å². The second-order valence-corrected chi connectivity index (χ2v) is 10.5. The van der Waals surface area contributed by atoms with Crippen molar-refractivity contribution in [2.24, 2.45) is 11.3 Å². The molecule has 0 bridgehead atoms. The Bertz CT molecular complexity index is 649. The molecule has 2 aliphatic heterocycles. The van der Waals surface area contributed by atoms with Gasteiger partial charge in [-0.15, -0.1) is 0 Å². The zero-order chi connectivity index (χ0) is 20.3. The van der Waals surface area contributed by atoms with Crippen molar-refractivity contribution in [2.75, 3.05) is 39.8 Å². The lowest BCUT2D eigenvalue weighted by molar-refractivity contribution is -0.141. The predicted octanol–water partition coefficient (Wildman–Crippen LogP) is 3.63. The number of likely N-dealkylation sites (tertiary alicyclic amines) is 1. The Balaban J connectivity index is 1.62. The second-order valence-electron chi connectivity index (χ2n) is 9.62. The maximum absolute atomic E-state index is 13.2.